The van der Waals surface area contributed by atoms with E-state index in [0.717, 1.165) is 27.8 Å². The Morgan fingerprint density at radius 1 is 1.04 bits per heavy atom. The molecule has 0 aliphatic rings. The number of nitrogens with zero attached hydrogens (tertiary/aromatic N) is 4. The van der Waals surface area contributed by atoms with E-state index < -0.39 is 0 Å². The van der Waals surface area contributed by atoms with Crippen molar-refractivity contribution in [3.05, 3.63) is 84.2 Å². The van der Waals surface area contributed by atoms with Crippen molar-refractivity contribution in [2.75, 3.05) is 0 Å². The molecule has 0 bridgehead atoms. The molecule has 3 heterocycles. The van der Waals surface area contributed by atoms with Gasteiger partial charge in [0.05, 0.1) is 5.56 Å². The molecule has 140 valence electrons. The SMILES string of the molecule is Cc1cnc(-c2ccc(COc3nn(C)cc3-c3ccncc3)cc2)c(F)c1. The van der Waals surface area contributed by atoms with Gasteiger partial charge in [-0.3, -0.25) is 14.6 Å². The summed E-state index contributed by atoms with van der Waals surface area (Å²) in [6.45, 7) is 2.18. The standard InChI is InChI=1S/C22H19FN4O/c1-15-11-20(23)21(25-12-15)18-5-3-16(4-6-18)14-28-22-19(13-27(2)26-22)17-7-9-24-10-8-17/h3-13H,14H2,1-2H3. The van der Waals surface area contributed by atoms with Gasteiger partial charge in [0.2, 0.25) is 5.88 Å². The number of benzene rings is 1. The number of pyridine rings is 2. The molecule has 0 unspecified atom stereocenters. The van der Waals surface area contributed by atoms with Crippen molar-refractivity contribution >= 4 is 0 Å². The van der Waals surface area contributed by atoms with Crippen LogP contribution in [0.5, 0.6) is 5.88 Å². The number of ether oxygens (including phenoxy) is 1. The molecule has 0 fully saturated rings. The van der Waals surface area contributed by atoms with Crippen molar-refractivity contribution < 1.29 is 9.13 Å². The van der Waals surface area contributed by atoms with Crippen LogP contribution < -0.4 is 4.74 Å². The van der Waals surface area contributed by atoms with Gasteiger partial charge in [-0.05, 0) is 41.8 Å². The summed E-state index contributed by atoms with van der Waals surface area (Å²) in [6, 6.07) is 12.8. The molecule has 5 nitrogen and oxygen atoms in total. The first-order valence-electron chi connectivity index (χ1n) is 8.88. The van der Waals surface area contributed by atoms with Crippen molar-refractivity contribution in [2.45, 2.75) is 13.5 Å². The molecule has 0 saturated carbocycles. The van der Waals surface area contributed by atoms with Gasteiger partial charge < -0.3 is 4.74 Å². The monoisotopic (exact) mass is 374 g/mol. The second kappa shape index (κ2) is 7.60. The van der Waals surface area contributed by atoms with Crippen LogP contribution in [0.2, 0.25) is 0 Å². The van der Waals surface area contributed by atoms with Crippen LogP contribution >= 0.6 is 0 Å². The zero-order chi connectivity index (χ0) is 19.5. The van der Waals surface area contributed by atoms with Crippen LogP contribution in [0.15, 0.2) is 67.3 Å². The number of rotatable bonds is 5. The van der Waals surface area contributed by atoms with Crippen LogP contribution in [-0.2, 0) is 13.7 Å². The van der Waals surface area contributed by atoms with Crippen LogP contribution in [0.25, 0.3) is 22.4 Å². The first kappa shape index (κ1) is 17.9. The molecule has 1 aromatic carbocycles. The molecule has 0 atom stereocenters. The summed E-state index contributed by atoms with van der Waals surface area (Å²) in [5.41, 5.74) is 4.75. The fourth-order valence-corrected chi connectivity index (χ4v) is 2.96. The minimum Gasteiger partial charge on any atom is -0.471 e. The molecule has 0 saturated heterocycles. The van der Waals surface area contributed by atoms with Gasteiger partial charge in [0, 0.05) is 37.4 Å². The first-order valence-corrected chi connectivity index (χ1v) is 8.88. The lowest BCUT2D eigenvalue weighted by Crippen LogP contribution is -1.98. The molecule has 4 aromatic rings. The largest absolute Gasteiger partial charge is 0.471 e. The molecule has 0 aliphatic carbocycles. The van der Waals surface area contributed by atoms with E-state index in [1.165, 1.54) is 6.07 Å². The highest BCUT2D eigenvalue weighted by Gasteiger charge is 2.12. The van der Waals surface area contributed by atoms with Gasteiger partial charge in [0.1, 0.15) is 18.1 Å². The summed E-state index contributed by atoms with van der Waals surface area (Å²) in [7, 11) is 1.86. The Bertz CT molecular complexity index is 1090. The molecule has 28 heavy (non-hydrogen) atoms. The maximum atomic E-state index is 14.1. The number of aryl methyl sites for hydroxylation is 2. The molecule has 0 N–H and O–H groups in total. The average molecular weight is 374 g/mol. The minimum absolute atomic E-state index is 0.320. The van der Waals surface area contributed by atoms with Crippen molar-refractivity contribution in [3.63, 3.8) is 0 Å². The number of halogens is 1. The maximum absolute atomic E-state index is 14.1. The molecule has 0 aliphatic heterocycles. The Labute approximate surface area is 162 Å². The molecule has 4 rings (SSSR count). The molecular weight excluding hydrogens is 355 g/mol. The lowest BCUT2D eigenvalue weighted by Gasteiger charge is -2.08. The summed E-state index contributed by atoms with van der Waals surface area (Å²) < 4.78 is 21.8. The Hall–Kier alpha value is -3.54. The van der Waals surface area contributed by atoms with Gasteiger partial charge in [0.25, 0.3) is 0 Å². The predicted molar refractivity (Wildman–Crippen MR) is 105 cm³/mol. The third kappa shape index (κ3) is 3.76. The zero-order valence-corrected chi connectivity index (χ0v) is 15.6. The summed E-state index contributed by atoms with van der Waals surface area (Å²) in [5, 5.41) is 4.40. The van der Waals surface area contributed by atoms with E-state index in [4.69, 9.17) is 4.74 Å². The summed E-state index contributed by atoms with van der Waals surface area (Å²) in [6.07, 6.45) is 7.06. The first-order chi connectivity index (χ1) is 13.6. The molecule has 0 radical (unpaired) electrons. The Morgan fingerprint density at radius 3 is 2.50 bits per heavy atom. The summed E-state index contributed by atoms with van der Waals surface area (Å²) in [5.74, 6) is 0.239. The number of hydrogen-bond acceptors (Lipinski definition) is 4. The lowest BCUT2D eigenvalue weighted by atomic mass is 10.1. The third-order valence-electron chi connectivity index (χ3n) is 4.37. The number of hydrogen-bond donors (Lipinski definition) is 0. The van der Waals surface area contributed by atoms with Gasteiger partial charge in [-0.1, -0.05) is 24.3 Å². The quantitative estimate of drug-likeness (QED) is 0.513. The predicted octanol–water partition coefficient (Wildman–Crippen LogP) is 4.57. The molecule has 0 spiro atoms. The van der Waals surface area contributed by atoms with Crippen molar-refractivity contribution in [1.29, 1.82) is 0 Å². The van der Waals surface area contributed by atoms with Crippen LogP contribution in [0.3, 0.4) is 0 Å². The van der Waals surface area contributed by atoms with Crippen LogP contribution in [0.4, 0.5) is 4.39 Å². The molecular formula is C22H19FN4O. The fraction of sp³-hybridized carbons (Fsp3) is 0.136. The summed E-state index contributed by atoms with van der Waals surface area (Å²) in [4.78, 5) is 8.24. The fourth-order valence-electron chi connectivity index (χ4n) is 2.96. The normalized spacial score (nSPS) is 10.8. The Morgan fingerprint density at radius 2 is 1.79 bits per heavy atom. The van der Waals surface area contributed by atoms with E-state index in [2.05, 4.69) is 15.1 Å². The second-order valence-corrected chi connectivity index (χ2v) is 6.59. The van der Waals surface area contributed by atoms with Gasteiger partial charge in [-0.15, -0.1) is 5.10 Å². The third-order valence-corrected chi connectivity index (χ3v) is 4.37. The maximum Gasteiger partial charge on any atom is 0.241 e. The highest BCUT2D eigenvalue weighted by molar-refractivity contribution is 5.67. The molecule has 0 amide bonds. The smallest absolute Gasteiger partial charge is 0.241 e. The van der Waals surface area contributed by atoms with Crippen molar-refractivity contribution in [2.24, 2.45) is 7.05 Å². The van der Waals surface area contributed by atoms with Gasteiger partial charge in [-0.2, -0.15) is 0 Å². The Balaban J connectivity index is 1.51. The average Bonchev–Trinajstić information content (AvgIpc) is 3.08. The van der Waals surface area contributed by atoms with E-state index in [1.807, 2.05) is 56.6 Å². The van der Waals surface area contributed by atoms with Crippen LogP contribution in [-0.4, -0.2) is 19.7 Å². The highest BCUT2D eigenvalue weighted by Crippen LogP contribution is 2.29. The van der Waals surface area contributed by atoms with Gasteiger partial charge in [-0.25, -0.2) is 4.39 Å². The molecule has 6 heteroatoms. The summed E-state index contributed by atoms with van der Waals surface area (Å²) >= 11 is 0. The lowest BCUT2D eigenvalue weighted by molar-refractivity contribution is 0.292. The topological polar surface area (TPSA) is 52.8 Å². The second-order valence-electron chi connectivity index (χ2n) is 6.59. The minimum atomic E-state index is -0.320. The zero-order valence-electron chi connectivity index (χ0n) is 15.6. The molecule has 3 aromatic heterocycles. The van der Waals surface area contributed by atoms with Crippen molar-refractivity contribution in [3.8, 4) is 28.3 Å². The highest BCUT2D eigenvalue weighted by atomic mass is 19.1. The van der Waals surface area contributed by atoms with Gasteiger partial charge in [0.15, 0.2) is 0 Å². The van der Waals surface area contributed by atoms with Crippen molar-refractivity contribution in [1.82, 2.24) is 19.7 Å². The van der Waals surface area contributed by atoms with Crippen LogP contribution in [0, 0.1) is 12.7 Å². The number of aromatic nitrogens is 4. The van der Waals surface area contributed by atoms with E-state index in [0.29, 0.717) is 18.2 Å². The Kier molecular flexibility index (Phi) is 4.85. The van der Waals surface area contributed by atoms with E-state index in [-0.39, 0.29) is 5.82 Å². The van der Waals surface area contributed by atoms with E-state index in [1.54, 1.807) is 23.3 Å². The van der Waals surface area contributed by atoms with Crippen LogP contribution in [0.1, 0.15) is 11.1 Å². The van der Waals surface area contributed by atoms with Gasteiger partial charge >= 0.3 is 0 Å². The van der Waals surface area contributed by atoms with E-state index >= 15 is 0 Å². The van der Waals surface area contributed by atoms with E-state index in [9.17, 15) is 4.39 Å².